The van der Waals surface area contributed by atoms with E-state index in [2.05, 4.69) is 10.2 Å². The molecule has 4 aliphatic heterocycles. The number of benzene rings is 2. The Balaban J connectivity index is 1.58. The first kappa shape index (κ1) is 17.8. The number of nitrogens with zero attached hydrogens (tertiary/aromatic N) is 2. The van der Waals surface area contributed by atoms with Gasteiger partial charge in [-0.05, 0) is 50.4 Å². The second-order valence-electron chi connectivity index (χ2n) is 8.92. The average molecular weight is 401 g/mol. The Morgan fingerprint density at radius 2 is 1.70 bits per heavy atom. The molecule has 4 atom stereocenters. The second kappa shape index (κ2) is 5.79. The second-order valence-corrected chi connectivity index (χ2v) is 8.92. The highest BCUT2D eigenvalue weighted by atomic mass is 16.2. The highest BCUT2D eigenvalue weighted by Gasteiger charge is 2.74. The Bertz CT molecular complexity index is 1120. The molecule has 6 nitrogen and oxygen atoms in total. The molecule has 6 heteroatoms. The smallest absolute Gasteiger partial charge is 0.250 e. The monoisotopic (exact) mass is 401 g/mol. The number of carbonyl (C=O) groups is 3. The number of rotatable bonds is 1. The number of carbonyl (C=O) groups excluding carboxylic acids is 3. The van der Waals surface area contributed by atoms with Crippen molar-refractivity contribution >= 4 is 29.1 Å². The number of hydrogen-bond donors (Lipinski definition) is 1. The molecule has 30 heavy (non-hydrogen) atoms. The number of amides is 3. The van der Waals surface area contributed by atoms with Crippen LogP contribution in [0.1, 0.15) is 29.5 Å². The fourth-order valence-corrected chi connectivity index (χ4v) is 6.54. The van der Waals surface area contributed by atoms with Crippen molar-refractivity contribution in [1.29, 1.82) is 0 Å². The van der Waals surface area contributed by atoms with E-state index >= 15 is 0 Å². The van der Waals surface area contributed by atoms with E-state index in [0.29, 0.717) is 5.69 Å². The molecule has 152 valence electrons. The van der Waals surface area contributed by atoms with Gasteiger partial charge < -0.3 is 5.32 Å². The first-order valence-electron chi connectivity index (χ1n) is 10.6. The standard InChI is InChI=1S/C24H23N3O3/c1-13-7-5-8-14(2)20(13)27-21(28)18-17-11-6-12-26(17)24(19(18)22(27)29)15-9-3-4-10-16(15)25-23(24)30/h3-5,7-10,17-19H,6,11-12H2,1-2H3,(H,25,30)/t17-,18+,19+,24-/m1/s1. The molecule has 1 N–H and O–H groups in total. The van der Waals surface area contributed by atoms with Crippen molar-refractivity contribution in [3.8, 4) is 0 Å². The van der Waals surface area contributed by atoms with Gasteiger partial charge in [0.1, 0.15) is 5.54 Å². The van der Waals surface area contributed by atoms with E-state index in [1.54, 1.807) is 0 Å². The van der Waals surface area contributed by atoms with Crippen molar-refractivity contribution in [3.05, 3.63) is 59.2 Å². The molecular weight excluding hydrogens is 378 g/mol. The lowest BCUT2D eigenvalue weighted by Gasteiger charge is -2.36. The van der Waals surface area contributed by atoms with Crippen molar-refractivity contribution in [2.75, 3.05) is 16.8 Å². The van der Waals surface area contributed by atoms with Crippen molar-refractivity contribution in [3.63, 3.8) is 0 Å². The Morgan fingerprint density at radius 3 is 2.47 bits per heavy atom. The van der Waals surface area contributed by atoms with Crippen LogP contribution in [-0.4, -0.2) is 35.2 Å². The predicted octanol–water partition coefficient (Wildman–Crippen LogP) is 2.73. The number of nitrogens with one attached hydrogen (secondary N) is 1. The largest absolute Gasteiger partial charge is 0.324 e. The van der Waals surface area contributed by atoms with Gasteiger partial charge in [-0.15, -0.1) is 0 Å². The predicted molar refractivity (Wildman–Crippen MR) is 112 cm³/mol. The van der Waals surface area contributed by atoms with Crippen molar-refractivity contribution in [1.82, 2.24) is 4.90 Å². The average Bonchev–Trinajstić information content (AvgIpc) is 3.42. The summed E-state index contributed by atoms with van der Waals surface area (Å²) in [5, 5.41) is 3.01. The molecule has 0 saturated carbocycles. The van der Waals surface area contributed by atoms with E-state index in [-0.39, 0.29) is 23.8 Å². The fourth-order valence-electron chi connectivity index (χ4n) is 6.54. The molecule has 3 fully saturated rings. The van der Waals surface area contributed by atoms with Crippen LogP contribution in [0.5, 0.6) is 0 Å². The maximum absolute atomic E-state index is 13.9. The Hall–Kier alpha value is -2.99. The van der Waals surface area contributed by atoms with Gasteiger partial charge in [-0.2, -0.15) is 0 Å². The van der Waals surface area contributed by atoms with Crippen LogP contribution >= 0.6 is 0 Å². The Morgan fingerprint density at radius 1 is 0.967 bits per heavy atom. The van der Waals surface area contributed by atoms with Gasteiger partial charge in [0.15, 0.2) is 0 Å². The summed E-state index contributed by atoms with van der Waals surface area (Å²) in [6, 6.07) is 13.3. The molecular formula is C24H23N3O3. The van der Waals surface area contributed by atoms with E-state index in [1.165, 1.54) is 4.90 Å². The number of aryl methyl sites for hydroxylation is 2. The minimum absolute atomic E-state index is 0.0855. The van der Waals surface area contributed by atoms with E-state index in [0.717, 1.165) is 41.8 Å². The van der Waals surface area contributed by atoms with Crippen LogP contribution in [-0.2, 0) is 19.9 Å². The summed E-state index contributed by atoms with van der Waals surface area (Å²) in [6.07, 6.45) is 1.76. The molecule has 3 amide bonds. The summed E-state index contributed by atoms with van der Waals surface area (Å²) >= 11 is 0. The van der Waals surface area contributed by atoms with Crippen LogP contribution in [0.4, 0.5) is 11.4 Å². The third-order valence-electron chi connectivity index (χ3n) is 7.56. The van der Waals surface area contributed by atoms with Crippen LogP contribution in [0, 0.1) is 25.7 Å². The van der Waals surface area contributed by atoms with E-state index in [1.807, 2.05) is 56.3 Å². The maximum Gasteiger partial charge on any atom is 0.250 e. The lowest BCUT2D eigenvalue weighted by atomic mass is 9.75. The normalized spacial score (nSPS) is 32.0. The van der Waals surface area contributed by atoms with E-state index in [9.17, 15) is 14.4 Å². The van der Waals surface area contributed by atoms with Gasteiger partial charge in [0.05, 0.1) is 17.5 Å². The molecule has 3 saturated heterocycles. The van der Waals surface area contributed by atoms with Gasteiger partial charge in [-0.3, -0.25) is 19.3 Å². The minimum Gasteiger partial charge on any atom is -0.324 e. The summed E-state index contributed by atoms with van der Waals surface area (Å²) in [6.45, 7) is 4.57. The number of hydrogen-bond acceptors (Lipinski definition) is 4. The quantitative estimate of drug-likeness (QED) is 0.746. The van der Waals surface area contributed by atoms with Gasteiger partial charge >= 0.3 is 0 Å². The first-order valence-corrected chi connectivity index (χ1v) is 10.6. The zero-order valence-electron chi connectivity index (χ0n) is 17.0. The molecule has 0 radical (unpaired) electrons. The van der Waals surface area contributed by atoms with Crippen LogP contribution in [0.25, 0.3) is 0 Å². The summed E-state index contributed by atoms with van der Waals surface area (Å²) in [7, 11) is 0. The number of para-hydroxylation sites is 2. The van der Waals surface area contributed by atoms with Gasteiger partial charge in [0.2, 0.25) is 17.7 Å². The molecule has 6 rings (SSSR count). The molecule has 2 aromatic rings. The maximum atomic E-state index is 13.9. The minimum atomic E-state index is -1.10. The van der Waals surface area contributed by atoms with Crippen molar-refractivity contribution in [2.24, 2.45) is 11.8 Å². The highest BCUT2D eigenvalue weighted by Crippen LogP contribution is 2.60. The van der Waals surface area contributed by atoms with E-state index in [4.69, 9.17) is 0 Å². The lowest BCUT2D eigenvalue weighted by Crippen LogP contribution is -2.54. The third kappa shape index (κ3) is 1.86. The molecule has 0 unspecified atom stereocenters. The topological polar surface area (TPSA) is 69.7 Å². The number of anilines is 2. The third-order valence-corrected chi connectivity index (χ3v) is 7.56. The molecule has 1 spiro atoms. The Kier molecular flexibility index (Phi) is 3.44. The van der Waals surface area contributed by atoms with Crippen LogP contribution in [0.3, 0.4) is 0 Å². The summed E-state index contributed by atoms with van der Waals surface area (Å²) < 4.78 is 0. The fraction of sp³-hybridized carbons (Fsp3) is 0.375. The molecule has 0 aliphatic carbocycles. The molecule has 4 aliphatic rings. The zero-order valence-corrected chi connectivity index (χ0v) is 17.0. The Labute approximate surface area is 174 Å². The SMILES string of the molecule is Cc1cccc(C)c1N1C(=O)[C@H]2[C@H]3CCCN3[C@@]3(C(=O)Nc4ccccc43)[C@@H]2C1=O. The van der Waals surface area contributed by atoms with Crippen LogP contribution in [0.15, 0.2) is 42.5 Å². The van der Waals surface area contributed by atoms with E-state index < -0.39 is 17.4 Å². The lowest BCUT2D eigenvalue weighted by molar-refractivity contribution is -0.135. The van der Waals surface area contributed by atoms with Crippen molar-refractivity contribution < 1.29 is 14.4 Å². The highest BCUT2D eigenvalue weighted by molar-refractivity contribution is 6.26. The van der Waals surface area contributed by atoms with Crippen molar-refractivity contribution in [2.45, 2.75) is 38.3 Å². The summed E-state index contributed by atoms with van der Waals surface area (Å²) in [4.78, 5) is 44.8. The van der Waals surface area contributed by atoms with Gasteiger partial charge in [-0.1, -0.05) is 36.4 Å². The number of fused-ring (bicyclic) bond motifs is 7. The zero-order chi connectivity index (χ0) is 20.8. The van der Waals surface area contributed by atoms with Crippen LogP contribution < -0.4 is 10.2 Å². The molecule has 0 aromatic heterocycles. The van der Waals surface area contributed by atoms with Gasteiger partial charge in [0.25, 0.3) is 0 Å². The summed E-state index contributed by atoms with van der Waals surface area (Å²) in [5.41, 5.74) is 2.95. The molecule has 4 heterocycles. The van der Waals surface area contributed by atoms with Gasteiger partial charge in [0, 0.05) is 17.3 Å². The molecule has 2 aromatic carbocycles. The summed E-state index contributed by atoms with van der Waals surface area (Å²) in [5.74, 6) is -1.77. The first-order chi connectivity index (χ1) is 14.5. The van der Waals surface area contributed by atoms with Gasteiger partial charge in [-0.25, -0.2) is 4.90 Å². The number of imide groups is 1. The van der Waals surface area contributed by atoms with Crippen LogP contribution in [0.2, 0.25) is 0 Å². The molecule has 0 bridgehead atoms.